The van der Waals surface area contributed by atoms with Crippen LogP contribution in [0.4, 0.5) is 0 Å². The molecule has 0 rings (SSSR count). The van der Waals surface area contributed by atoms with E-state index in [0.29, 0.717) is 44.4 Å². The highest BCUT2D eigenvalue weighted by Gasteiger charge is 2.18. The van der Waals surface area contributed by atoms with Gasteiger partial charge in [0.15, 0.2) is 0 Å². The van der Waals surface area contributed by atoms with E-state index >= 15 is 0 Å². The topological polar surface area (TPSA) is 205 Å². The van der Waals surface area contributed by atoms with Crippen molar-refractivity contribution in [3.8, 4) is 0 Å². The molecule has 0 bridgehead atoms. The number of hydrogen-bond donors (Lipinski definition) is 3. The molecule has 222 valence electrons. The molecule has 0 aliphatic heterocycles. The zero-order chi connectivity index (χ0) is 30.3. The predicted molar refractivity (Wildman–Crippen MR) is 139 cm³/mol. The van der Waals surface area contributed by atoms with Crippen LogP contribution in [0.3, 0.4) is 0 Å². The summed E-state index contributed by atoms with van der Waals surface area (Å²) in [5, 5.41) is 25.9. The summed E-state index contributed by atoms with van der Waals surface area (Å²) in [7, 11) is 0. The Morgan fingerprint density at radius 2 is 1.10 bits per heavy atom. The van der Waals surface area contributed by atoms with Gasteiger partial charge in [-0.1, -0.05) is 13.3 Å². The molecule has 0 aliphatic rings. The van der Waals surface area contributed by atoms with Crippen molar-refractivity contribution in [1.29, 1.82) is 0 Å². The number of carbonyl (C=O) groups is 7. The van der Waals surface area contributed by atoms with Crippen LogP contribution in [0.25, 0.3) is 0 Å². The van der Waals surface area contributed by atoms with Gasteiger partial charge in [0.25, 0.3) is 0 Å². The number of amides is 2. The third-order valence-electron chi connectivity index (χ3n) is 5.06. The Balaban J connectivity index is 5.05. The molecule has 0 aliphatic carbocycles. The Labute approximate surface area is 231 Å². The lowest BCUT2D eigenvalue weighted by molar-refractivity contribution is -0.141. The van der Waals surface area contributed by atoms with Crippen LogP contribution in [0, 0.1) is 0 Å². The Morgan fingerprint density at radius 3 is 1.65 bits per heavy atom. The number of carboxylic acids is 3. The maximum Gasteiger partial charge on any atom is 0.331 e. The minimum atomic E-state index is -1.32. The first-order valence-corrected chi connectivity index (χ1v) is 12.6. The van der Waals surface area contributed by atoms with Crippen molar-refractivity contribution in [2.75, 3.05) is 39.4 Å². The Kier molecular flexibility index (Phi) is 19.0. The zero-order valence-corrected chi connectivity index (χ0v) is 22.4. The van der Waals surface area contributed by atoms with Crippen molar-refractivity contribution in [1.82, 2.24) is 9.80 Å². The highest BCUT2D eigenvalue weighted by molar-refractivity contribution is 5.94. The fourth-order valence-electron chi connectivity index (χ4n) is 3.05. The van der Waals surface area contributed by atoms with E-state index in [1.807, 2.05) is 6.92 Å². The zero-order valence-electron chi connectivity index (χ0n) is 22.4. The standard InChI is InChI=1S/C26H36N2O12/c1-2-3-14-27(21(30)8-9-22(31)32)15-16-28(17-19-40-26(38)13-11-24(35)36)20(29)7-5-4-6-18-39-25(37)12-10-23(33)34/h8-13H,2-7,14-19H2,1H3,(H,31,32)(H,33,34)(H,35,36)/b9-8+,12-10+,13-11+. The second kappa shape index (κ2) is 21.4. The molecule has 0 atom stereocenters. The quantitative estimate of drug-likeness (QED) is 0.101. The molecule has 0 saturated carbocycles. The normalized spacial score (nSPS) is 11.0. The summed E-state index contributed by atoms with van der Waals surface area (Å²) in [4.78, 5) is 82.8. The number of esters is 2. The lowest BCUT2D eigenvalue weighted by atomic mass is 10.2. The lowest BCUT2D eigenvalue weighted by Crippen LogP contribution is -2.42. The Morgan fingerprint density at radius 1 is 0.575 bits per heavy atom. The molecule has 0 spiro atoms. The third kappa shape index (κ3) is 19.6. The summed E-state index contributed by atoms with van der Waals surface area (Å²) in [6.45, 7) is 2.23. The molecule has 3 N–H and O–H groups in total. The van der Waals surface area contributed by atoms with Crippen LogP contribution in [-0.4, -0.2) is 106 Å². The molecule has 2 amide bonds. The van der Waals surface area contributed by atoms with E-state index in [2.05, 4.69) is 0 Å². The van der Waals surface area contributed by atoms with Gasteiger partial charge < -0.3 is 34.6 Å². The number of aliphatic carboxylic acids is 3. The van der Waals surface area contributed by atoms with E-state index in [1.165, 1.54) is 9.80 Å². The second-order valence-electron chi connectivity index (χ2n) is 8.22. The molecule has 0 radical (unpaired) electrons. The molecule has 14 nitrogen and oxygen atoms in total. The van der Waals surface area contributed by atoms with Gasteiger partial charge in [-0.15, -0.1) is 0 Å². The van der Waals surface area contributed by atoms with Crippen LogP contribution >= 0.6 is 0 Å². The van der Waals surface area contributed by atoms with Crippen molar-refractivity contribution in [3.63, 3.8) is 0 Å². The molecule has 0 fully saturated rings. The van der Waals surface area contributed by atoms with Gasteiger partial charge in [0.2, 0.25) is 11.8 Å². The number of rotatable bonds is 21. The Bertz CT molecular complexity index is 971. The van der Waals surface area contributed by atoms with Crippen molar-refractivity contribution < 1.29 is 58.4 Å². The first kappa shape index (κ1) is 35.5. The first-order valence-electron chi connectivity index (χ1n) is 12.6. The van der Waals surface area contributed by atoms with Crippen LogP contribution in [0.5, 0.6) is 0 Å². The monoisotopic (exact) mass is 568 g/mol. The van der Waals surface area contributed by atoms with Gasteiger partial charge in [0, 0.05) is 62.5 Å². The lowest BCUT2D eigenvalue weighted by Gasteiger charge is -2.27. The predicted octanol–water partition coefficient (Wildman–Crippen LogP) is 1.01. The number of hydrogen-bond acceptors (Lipinski definition) is 9. The second-order valence-corrected chi connectivity index (χ2v) is 8.22. The molecule has 0 unspecified atom stereocenters. The van der Waals surface area contributed by atoms with Gasteiger partial charge in [0.1, 0.15) is 6.61 Å². The molecular formula is C26H36N2O12. The van der Waals surface area contributed by atoms with Crippen molar-refractivity contribution in [3.05, 3.63) is 36.5 Å². The number of nitrogens with zero attached hydrogens (tertiary/aromatic N) is 2. The molecule has 14 heteroatoms. The van der Waals surface area contributed by atoms with Gasteiger partial charge in [0.05, 0.1) is 13.2 Å². The van der Waals surface area contributed by atoms with Crippen molar-refractivity contribution >= 4 is 41.7 Å². The summed E-state index contributed by atoms with van der Waals surface area (Å²) in [5.41, 5.74) is 0. The number of carbonyl (C=O) groups excluding carboxylic acids is 4. The van der Waals surface area contributed by atoms with Crippen molar-refractivity contribution in [2.24, 2.45) is 0 Å². The average molecular weight is 569 g/mol. The highest BCUT2D eigenvalue weighted by Crippen LogP contribution is 2.06. The van der Waals surface area contributed by atoms with E-state index in [4.69, 9.17) is 24.8 Å². The van der Waals surface area contributed by atoms with Gasteiger partial charge in [-0.25, -0.2) is 24.0 Å². The van der Waals surface area contributed by atoms with Gasteiger partial charge in [-0.05, 0) is 25.7 Å². The molecule has 0 aromatic rings. The average Bonchev–Trinajstić information content (AvgIpc) is 2.89. The highest BCUT2D eigenvalue weighted by atomic mass is 16.5. The van der Waals surface area contributed by atoms with E-state index in [9.17, 15) is 33.6 Å². The maximum absolute atomic E-state index is 12.9. The molecule has 0 aromatic heterocycles. The van der Waals surface area contributed by atoms with Gasteiger partial charge in [-0.2, -0.15) is 0 Å². The summed E-state index contributed by atoms with van der Waals surface area (Å²) < 4.78 is 9.80. The fraction of sp³-hybridized carbons (Fsp3) is 0.500. The minimum Gasteiger partial charge on any atom is -0.478 e. The molecular weight excluding hydrogens is 532 g/mol. The molecule has 0 aromatic carbocycles. The van der Waals surface area contributed by atoms with Crippen LogP contribution in [0.15, 0.2) is 36.5 Å². The van der Waals surface area contributed by atoms with E-state index in [-0.39, 0.29) is 45.2 Å². The van der Waals surface area contributed by atoms with Gasteiger partial charge >= 0.3 is 29.8 Å². The number of unbranched alkanes of at least 4 members (excludes halogenated alkanes) is 3. The van der Waals surface area contributed by atoms with Crippen LogP contribution in [0.2, 0.25) is 0 Å². The molecule has 0 saturated heterocycles. The first-order chi connectivity index (χ1) is 19.0. The third-order valence-corrected chi connectivity index (χ3v) is 5.06. The summed E-state index contributed by atoms with van der Waals surface area (Å²) in [6.07, 6.45) is 7.39. The summed E-state index contributed by atoms with van der Waals surface area (Å²) >= 11 is 0. The molecule has 40 heavy (non-hydrogen) atoms. The largest absolute Gasteiger partial charge is 0.478 e. The summed E-state index contributed by atoms with van der Waals surface area (Å²) in [5.74, 6) is -6.40. The van der Waals surface area contributed by atoms with Crippen molar-refractivity contribution in [2.45, 2.75) is 45.4 Å². The van der Waals surface area contributed by atoms with E-state index in [1.54, 1.807) is 0 Å². The van der Waals surface area contributed by atoms with E-state index in [0.717, 1.165) is 30.7 Å². The smallest absolute Gasteiger partial charge is 0.331 e. The Hall–Kier alpha value is -4.49. The van der Waals surface area contributed by atoms with Gasteiger partial charge in [-0.3, -0.25) is 9.59 Å². The maximum atomic E-state index is 12.9. The van der Waals surface area contributed by atoms with Crippen LogP contribution < -0.4 is 0 Å². The fourth-order valence-corrected chi connectivity index (χ4v) is 3.05. The minimum absolute atomic E-state index is 0.0280. The number of ether oxygens (including phenoxy) is 2. The SMILES string of the molecule is CCCCN(CCN(CCOC(=O)/C=C/C(=O)O)C(=O)CCCCCOC(=O)/C=C/C(=O)O)C(=O)/C=C/C(=O)O. The summed E-state index contributed by atoms with van der Waals surface area (Å²) in [6, 6.07) is 0. The van der Waals surface area contributed by atoms with E-state index < -0.39 is 35.8 Å². The van der Waals surface area contributed by atoms with Crippen LogP contribution in [0.1, 0.15) is 45.4 Å². The number of carboxylic acid groups (broad SMARTS) is 3. The van der Waals surface area contributed by atoms with Crippen LogP contribution in [-0.2, 0) is 43.0 Å². The molecule has 0 heterocycles.